The van der Waals surface area contributed by atoms with E-state index in [9.17, 15) is 13.2 Å². The highest BCUT2D eigenvalue weighted by Gasteiger charge is 2.26. The van der Waals surface area contributed by atoms with Crippen LogP contribution in [0.15, 0.2) is 29.2 Å². The number of nitrogens with one attached hydrogen (secondary N) is 1. The van der Waals surface area contributed by atoms with Crippen molar-refractivity contribution < 1.29 is 18.3 Å². The smallest absolute Gasteiger partial charge is 0.307 e. The number of sulfonamides is 1. The van der Waals surface area contributed by atoms with E-state index in [4.69, 9.17) is 5.11 Å². The highest BCUT2D eigenvalue weighted by atomic mass is 32.2. The number of carboxylic acid groups (broad SMARTS) is 1. The fourth-order valence-electron chi connectivity index (χ4n) is 2.20. The van der Waals surface area contributed by atoms with Gasteiger partial charge in [-0.25, -0.2) is 13.1 Å². The Bertz CT molecular complexity index is 576. The van der Waals surface area contributed by atoms with E-state index in [1.165, 1.54) is 37.1 Å². The van der Waals surface area contributed by atoms with E-state index in [-0.39, 0.29) is 17.4 Å². The molecule has 1 atom stereocenters. The summed E-state index contributed by atoms with van der Waals surface area (Å²) in [6.45, 7) is 1.87. The van der Waals surface area contributed by atoms with Gasteiger partial charge in [-0.3, -0.25) is 4.79 Å². The maximum atomic E-state index is 12.2. The monoisotopic (exact) mass is 297 g/mol. The number of hydrogen-bond acceptors (Lipinski definition) is 3. The lowest BCUT2D eigenvalue weighted by molar-refractivity contribution is -0.136. The molecule has 1 fully saturated rings. The molecule has 5 nitrogen and oxygen atoms in total. The molecule has 1 unspecified atom stereocenters. The number of carboxylic acids is 1. The fourth-order valence-corrected chi connectivity index (χ4v) is 3.45. The van der Waals surface area contributed by atoms with Crippen molar-refractivity contribution in [2.24, 2.45) is 5.92 Å². The van der Waals surface area contributed by atoms with Crippen LogP contribution in [0.25, 0.3) is 0 Å². The lowest BCUT2D eigenvalue weighted by Gasteiger charge is -2.14. The molecule has 0 heterocycles. The van der Waals surface area contributed by atoms with E-state index in [0.717, 1.165) is 6.42 Å². The van der Waals surface area contributed by atoms with E-state index >= 15 is 0 Å². The molecule has 2 rings (SSSR count). The third kappa shape index (κ3) is 4.31. The van der Waals surface area contributed by atoms with E-state index in [1.54, 1.807) is 0 Å². The highest BCUT2D eigenvalue weighted by molar-refractivity contribution is 7.89. The van der Waals surface area contributed by atoms with Crippen LogP contribution in [0.5, 0.6) is 0 Å². The van der Waals surface area contributed by atoms with Gasteiger partial charge in [0.05, 0.1) is 11.3 Å². The summed E-state index contributed by atoms with van der Waals surface area (Å²) < 4.78 is 27.0. The number of carbonyl (C=O) groups is 1. The van der Waals surface area contributed by atoms with Crippen molar-refractivity contribution in [1.82, 2.24) is 4.72 Å². The molecular formula is C14H19NO4S. The van der Waals surface area contributed by atoms with Gasteiger partial charge in [-0.2, -0.15) is 0 Å². The van der Waals surface area contributed by atoms with E-state index in [0.29, 0.717) is 11.5 Å². The Kier molecular flexibility index (Phi) is 4.45. The molecule has 1 aromatic carbocycles. The van der Waals surface area contributed by atoms with Crippen LogP contribution in [0.1, 0.15) is 31.7 Å². The molecule has 2 N–H and O–H groups in total. The van der Waals surface area contributed by atoms with Gasteiger partial charge in [0.2, 0.25) is 10.0 Å². The predicted molar refractivity (Wildman–Crippen MR) is 74.9 cm³/mol. The topological polar surface area (TPSA) is 83.5 Å². The Hall–Kier alpha value is -1.40. The van der Waals surface area contributed by atoms with Crippen LogP contribution in [0.4, 0.5) is 0 Å². The van der Waals surface area contributed by atoms with Crippen LogP contribution in [-0.2, 0) is 21.2 Å². The summed E-state index contributed by atoms with van der Waals surface area (Å²) in [5, 5.41) is 8.67. The Morgan fingerprint density at radius 2 is 1.95 bits per heavy atom. The molecule has 0 aliphatic heterocycles. The maximum Gasteiger partial charge on any atom is 0.307 e. The first-order chi connectivity index (χ1) is 9.37. The number of benzene rings is 1. The molecule has 1 aliphatic carbocycles. The summed E-state index contributed by atoms with van der Waals surface area (Å²) in [4.78, 5) is 10.7. The van der Waals surface area contributed by atoms with Crippen LogP contribution >= 0.6 is 0 Å². The Morgan fingerprint density at radius 1 is 1.35 bits per heavy atom. The van der Waals surface area contributed by atoms with E-state index < -0.39 is 16.0 Å². The molecule has 1 saturated carbocycles. The van der Waals surface area contributed by atoms with Crippen molar-refractivity contribution in [1.29, 1.82) is 0 Å². The van der Waals surface area contributed by atoms with Gasteiger partial charge in [0.15, 0.2) is 0 Å². The van der Waals surface area contributed by atoms with Gasteiger partial charge >= 0.3 is 5.97 Å². The molecule has 0 bridgehead atoms. The minimum atomic E-state index is -3.52. The zero-order chi connectivity index (χ0) is 14.8. The summed E-state index contributed by atoms with van der Waals surface area (Å²) in [6.07, 6.45) is 3.15. The zero-order valence-corrected chi connectivity index (χ0v) is 12.2. The third-order valence-corrected chi connectivity index (χ3v) is 4.93. The lowest BCUT2D eigenvalue weighted by atomic mass is 10.2. The second kappa shape index (κ2) is 5.93. The van der Waals surface area contributed by atoms with Gasteiger partial charge in [0.1, 0.15) is 0 Å². The molecule has 0 radical (unpaired) electrons. The second-order valence-electron chi connectivity index (χ2n) is 5.42. The normalized spacial score (nSPS) is 16.9. The van der Waals surface area contributed by atoms with Crippen molar-refractivity contribution in [3.05, 3.63) is 29.8 Å². The fraction of sp³-hybridized carbons (Fsp3) is 0.500. The number of rotatable bonds is 7. The standard InChI is InChI=1S/C14H19NO4S/c1-10(8-11-2-3-11)15-20(18,19)13-6-4-12(5-7-13)9-14(16)17/h4-7,10-11,15H,2-3,8-9H2,1H3,(H,16,17). The molecule has 1 aromatic rings. The second-order valence-corrected chi connectivity index (χ2v) is 7.13. The molecule has 0 saturated heterocycles. The number of aliphatic carboxylic acids is 1. The van der Waals surface area contributed by atoms with E-state index in [1.807, 2.05) is 6.92 Å². The van der Waals surface area contributed by atoms with Crippen LogP contribution in [0, 0.1) is 5.92 Å². The first-order valence-corrected chi connectivity index (χ1v) is 8.18. The first-order valence-electron chi connectivity index (χ1n) is 6.70. The summed E-state index contributed by atoms with van der Waals surface area (Å²) in [5.74, 6) is -0.276. The Labute approximate surface area is 119 Å². The van der Waals surface area contributed by atoms with Crippen molar-refractivity contribution in [3.63, 3.8) is 0 Å². The summed E-state index contributed by atoms with van der Waals surface area (Å²) in [7, 11) is -3.52. The van der Waals surface area contributed by atoms with Crippen LogP contribution in [0.3, 0.4) is 0 Å². The maximum absolute atomic E-state index is 12.2. The van der Waals surface area contributed by atoms with Crippen molar-refractivity contribution in [2.75, 3.05) is 0 Å². The minimum absolute atomic E-state index is 0.0776. The van der Waals surface area contributed by atoms with Gasteiger partial charge in [0, 0.05) is 6.04 Å². The van der Waals surface area contributed by atoms with Crippen LogP contribution in [0.2, 0.25) is 0 Å². The zero-order valence-electron chi connectivity index (χ0n) is 11.4. The largest absolute Gasteiger partial charge is 0.481 e. The lowest BCUT2D eigenvalue weighted by Crippen LogP contribution is -2.32. The first kappa shape index (κ1) is 15.0. The summed E-state index contributed by atoms with van der Waals surface area (Å²) >= 11 is 0. The number of hydrogen-bond donors (Lipinski definition) is 2. The molecular weight excluding hydrogens is 278 g/mol. The van der Waals surface area contributed by atoms with Gasteiger partial charge in [-0.1, -0.05) is 25.0 Å². The van der Waals surface area contributed by atoms with Gasteiger partial charge in [-0.15, -0.1) is 0 Å². The van der Waals surface area contributed by atoms with Gasteiger partial charge in [0.25, 0.3) is 0 Å². The molecule has 0 spiro atoms. The van der Waals surface area contributed by atoms with Crippen LogP contribution in [-0.4, -0.2) is 25.5 Å². The molecule has 0 aromatic heterocycles. The third-order valence-electron chi connectivity index (χ3n) is 3.33. The minimum Gasteiger partial charge on any atom is -0.481 e. The predicted octanol–water partition coefficient (Wildman–Crippen LogP) is 1.78. The summed E-state index contributed by atoms with van der Waals surface area (Å²) in [5.41, 5.74) is 0.586. The summed E-state index contributed by atoms with van der Waals surface area (Å²) in [6, 6.07) is 5.89. The Morgan fingerprint density at radius 3 is 2.45 bits per heavy atom. The van der Waals surface area contributed by atoms with Crippen molar-refractivity contribution in [3.8, 4) is 0 Å². The molecule has 110 valence electrons. The van der Waals surface area contributed by atoms with Gasteiger partial charge < -0.3 is 5.11 Å². The highest BCUT2D eigenvalue weighted by Crippen LogP contribution is 2.33. The van der Waals surface area contributed by atoms with Crippen LogP contribution < -0.4 is 4.72 Å². The average Bonchev–Trinajstić information content (AvgIpc) is 3.11. The van der Waals surface area contributed by atoms with E-state index in [2.05, 4.69) is 4.72 Å². The molecule has 1 aliphatic rings. The van der Waals surface area contributed by atoms with Crippen molar-refractivity contribution in [2.45, 2.75) is 43.5 Å². The average molecular weight is 297 g/mol. The quantitative estimate of drug-likeness (QED) is 0.803. The molecule has 20 heavy (non-hydrogen) atoms. The Balaban J connectivity index is 2.02. The van der Waals surface area contributed by atoms with Crippen molar-refractivity contribution >= 4 is 16.0 Å². The SMILES string of the molecule is CC(CC1CC1)NS(=O)(=O)c1ccc(CC(=O)O)cc1. The molecule has 6 heteroatoms. The molecule has 0 amide bonds. The van der Waals surface area contributed by atoms with Gasteiger partial charge in [-0.05, 0) is 37.0 Å².